The Hall–Kier alpha value is -2.10. The lowest BCUT2D eigenvalue weighted by Crippen LogP contribution is -1.97. The van der Waals surface area contributed by atoms with Gasteiger partial charge in [-0.3, -0.25) is 0 Å². The van der Waals surface area contributed by atoms with Crippen molar-refractivity contribution in [3.8, 4) is 5.69 Å². The molecule has 16 heavy (non-hydrogen) atoms. The minimum Gasteiger partial charge on any atom is -0.476 e. The molecule has 0 amide bonds. The molecule has 0 fully saturated rings. The third-order valence-corrected chi connectivity index (χ3v) is 2.43. The van der Waals surface area contributed by atoms with Crippen molar-refractivity contribution < 1.29 is 9.90 Å². The van der Waals surface area contributed by atoms with Gasteiger partial charge in [-0.2, -0.15) is 0 Å². The fourth-order valence-electron chi connectivity index (χ4n) is 1.66. The van der Waals surface area contributed by atoms with Crippen LogP contribution in [0.3, 0.4) is 0 Å². The first-order valence-corrected chi connectivity index (χ1v) is 4.93. The van der Waals surface area contributed by atoms with E-state index in [1.165, 1.54) is 18.1 Å². The third-order valence-electron chi connectivity index (χ3n) is 2.43. The number of carboxylic acid groups (broad SMARTS) is 1. The molecule has 0 saturated heterocycles. The molecule has 0 radical (unpaired) electrons. The van der Waals surface area contributed by atoms with Crippen LogP contribution in [0.1, 0.15) is 21.6 Å². The molecule has 4 heteroatoms. The average Bonchev–Trinajstić information content (AvgIpc) is 2.66. The molecule has 2 aromatic rings. The quantitative estimate of drug-likeness (QED) is 0.837. The van der Waals surface area contributed by atoms with E-state index in [9.17, 15) is 4.79 Å². The lowest BCUT2D eigenvalue weighted by molar-refractivity contribution is 0.0691. The first-order chi connectivity index (χ1) is 7.58. The number of rotatable bonds is 2. The molecule has 0 aliphatic rings. The van der Waals surface area contributed by atoms with Gasteiger partial charge in [-0.15, -0.1) is 0 Å². The molecule has 0 spiro atoms. The second-order valence-corrected chi connectivity index (χ2v) is 3.76. The van der Waals surface area contributed by atoms with Crippen molar-refractivity contribution in [1.29, 1.82) is 0 Å². The number of benzene rings is 1. The summed E-state index contributed by atoms with van der Waals surface area (Å²) in [4.78, 5) is 14.5. The molecule has 0 bridgehead atoms. The number of aromatic nitrogens is 2. The fourth-order valence-corrected chi connectivity index (χ4v) is 1.66. The van der Waals surface area contributed by atoms with Crippen molar-refractivity contribution in [3.05, 3.63) is 47.5 Å². The fraction of sp³-hybridized carbons (Fsp3) is 0.167. The predicted octanol–water partition coefficient (Wildman–Crippen LogP) is 2.19. The Kier molecular flexibility index (Phi) is 2.48. The molecule has 0 aliphatic heterocycles. The molecule has 4 nitrogen and oxygen atoms in total. The van der Waals surface area contributed by atoms with Gasteiger partial charge in [-0.05, 0) is 25.5 Å². The second kappa shape index (κ2) is 3.81. The summed E-state index contributed by atoms with van der Waals surface area (Å²) in [5, 5.41) is 8.78. The highest BCUT2D eigenvalue weighted by Crippen LogP contribution is 2.15. The van der Waals surface area contributed by atoms with Crippen LogP contribution in [0, 0.1) is 13.8 Å². The van der Waals surface area contributed by atoms with Crippen LogP contribution < -0.4 is 0 Å². The summed E-state index contributed by atoms with van der Waals surface area (Å²) in [5.41, 5.74) is 3.28. The maximum absolute atomic E-state index is 10.7. The van der Waals surface area contributed by atoms with Gasteiger partial charge in [0.15, 0.2) is 5.69 Å². The summed E-state index contributed by atoms with van der Waals surface area (Å²) < 4.78 is 1.72. The van der Waals surface area contributed by atoms with Gasteiger partial charge in [0.2, 0.25) is 0 Å². The first-order valence-electron chi connectivity index (χ1n) is 4.93. The van der Waals surface area contributed by atoms with Crippen molar-refractivity contribution in [2.45, 2.75) is 13.8 Å². The van der Waals surface area contributed by atoms with E-state index in [4.69, 9.17) is 5.11 Å². The number of carbonyl (C=O) groups is 1. The topological polar surface area (TPSA) is 55.1 Å². The van der Waals surface area contributed by atoms with E-state index < -0.39 is 5.97 Å². The van der Waals surface area contributed by atoms with Gasteiger partial charge >= 0.3 is 5.97 Å². The first kappa shape index (κ1) is 10.4. The molecule has 1 aromatic carbocycles. The maximum Gasteiger partial charge on any atom is 0.356 e. The predicted molar refractivity (Wildman–Crippen MR) is 60.0 cm³/mol. The summed E-state index contributed by atoms with van der Waals surface area (Å²) in [5.74, 6) is -1.01. The largest absolute Gasteiger partial charge is 0.476 e. The zero-order valence-corrected chi connectivity index (χ0v) is 9.14. The smallest absolute Gasteiger partial charge is 0.356 e. The van der Waals surface area contributed by atoms with Crippen molar-refractivity contribution in [2.24, 2.45) is 0 Å². The highest BCUT2D eigenvalue weighted by Gasteiger charge is 2.08. The molecular weight excluding hydrogens is 204 g/mol. The Labute approximate surface area is 93.2 Å². The Balaban J connectivity index is 2.46. The van der Waals surface area contributed by atoms with Crippen LogP contribution >= 0.6 is 0 Å². The standard InChI is InChI=1S/C12H12N2O2/c1-8-3-4-11(9(2)5-8)14-6-10(12(15)16)13-7-14/h3-7H,1-2H3,(H,15,16). The summed E-state index contributed by atoms with van der Waals surface area (Å²) in [6.07, 6.45) is 3.03. The van der Waals surface area contributed by atoms with Crippen molar-refractivity contribution in [3.63, 3.8) is 0 Å². The van der Waals surface area contributed by atoms with Gasteiger partial charge < -0.3 is 9.67 Å². The Morgan fingerprint density at radius 3 is 2.69 bits per heavy atom. The van der Waals surface area contributed by atoms with E-state index in [0.29, 0.717) is 0 Å². The van der Waals surface area contributed by atoms with E-state index >= 15 is 0 Å². The zero-order chi connectivity index (χ0) is 11.7. The van der Waals surface area contributed by atoms with Crippen LogP contribution in [-0.2, 0) is 0 Å². The number of imidazole rings is 1. The summed E-state index contributed by atoms with van der Waals surface area (Å²) in [6.45, 7) is 4.01. The number of aryl methyl sites for hydroxylation is 2. The van der Waals surface area contributed by atoms with E-state index in [1.807, 2.05) is 26.0 Å². The number of hydrogen-bond donors (Lipinski definition) is 1. The molecule has 1 N–H and O–H groups in total. The normalized spacial score (nSPS) is 10.4. The monoisotopic (exact) mass is 216 g/mol. The molecule has 2 rings (SSSR count). The zero-order valence-electron chi connectivity index (χ0n) is 9.14. The lowest BCUT2D eigenvalue weighted by Gasteiger charge is -2.06. The summed E-state index contributed by atoms with van der Waals surface area (Å²) in [7, 11) is 0. The van der Waals surface area contributed by atoms with E-state index in [0.717, 1.165) is 11.3 Å². The number of aromatic carboxylic acids is 1. The van der Waals surface area contributed by atoms with Crippen molar-refractivity contribution in [2.75, 3.05) is 0 Å². The minimum absolute atomic E-state index is 0.0555. The van der Waals surface area contributed by atoms with Crippen LogP contribution in [0.4, 0.5) is 0 Å². The van der Waals surface area contributed by atoms with Gasteiger partial charge in [0.25, 0.3) is 0 Å². The second-order valence-electron chi connectivity index (χ2n) is 3.76. The minimum atomic E-state index is -1.01. The van der Waals surface area contributed by atoms with Crippen LogP contribution in [0.5, 0.6) is 0 Å². The van der Waals surface area contributed by atoms with Gasteiger partial charge in [-0.1, -0.05) is 17.7 Å². The Morgan fingerprint density at radius 2 is 2.12 bits per heavy atom. The lowest BCUT2D eigenvalue weighted by atomic mass is 10.1. The van der Waals surface area contributed by atoms with Gasteiger partial charge in [-0.25, -0.2) is 9.78 Å². The molecule has 0 aliphatic carbocycles. The van der Waals surface area contributed by atoms with Crippen LogP contribution in [-0.4, -0.2) is 20.6 Å². The van der Waals surface area contributed by atoms with E-state index in [1.54, 1.807) is 4.57 Å². The number of hydrogen-bond acceptors (Lipinski definition) is 2. The number of nitrogens with zero attached hydrogens (tertiary/aromatic N) is 2. The summed E-state index contributed by atoms with van der Waals surface area (Å²) in [6, 6.07) is 6.00. The molecule has 1 aromatic heterocycles. The third kappa shape index (κ3) is 1.82. The van der Waals surface area contributed by atoms with Crippen molar-refractivity contribution >= 4 is 5.97 Å². The Morgan fingerprint density at radius 1 is 1.38 bits per heavy atom. The maximum atomic E-state index is 10.7. The van der Waals surface area contributed by atoms with E-state index in [-0.39, 0.29) is 5.69 Å². The van der Waals surface area contributed by atoms with Crippen molar-refractivity contribution in [1.82, 2.24) is 9.55 Å². The van der Waals surface area contributed by atoms with Crippen LogP contribution in [0.2, 0.25) is 0 Å². The summed E-state index contributed by atoms with van der Waals surface area (Å²) >= 11 is 0. The Bertz CT molecular complexity index is 544. The highest BCUT2D eigenvalue weighted by molar-refractivity contribution is 5.85. The van der Waals surface area contributed by atoms with E-state index in [2.05, 4.69) is 11.1 Å². The molecule has 0 unspecified atom stereocenters. The molecule has 0 atom stereocenters. The average molecular weight is 216 g/mol. The molecule has 1 heterocycles. The number of carboxylic acids is 1. The van der Waals surface area contributed by atoms with Gasteiger partial charge in [0.05, 0.1) is 0 Å². The molecular formula is C12H12N2O2. The van der Waals surface area contributed by atoms with Gasteiger partial charge in [0, 0.05) is 11.9 Å². The SMILES string of the molecule is Cc1ccc(-n2cnc(C(=O)O)c2)c(C)c1. The van der Waals surface area contributed by atoms with Crippen LogP contribution in [0.15, 0.2) is 30.7 Å². The molecule has 82 valence electrons. The molecule has 0 saturated carbocycles. The highest BCUT2D eigenvalue weighted by atomic mass is 16.4. The van der Waals surface area contributed by atoms with Gasteiger partial charge in [0.1, 0.15) is 6.33 Å². The van der Waals surface area contributed by atoms with Crippen LogP contribution in [0.25, 0.3) is 5.69 Å².